The second-order valence-corrected chi connectivity index (χ2v) is 8.11. The van der Waals surface area contributed by atoms with Crippen LogP contribution >= 0.6 is 15.9 Å². The number of rotatable bonds is 3. The molecular formula is C20H18BrNO5. The van der Waals surface area contributed by atoms with Crippen LogP contribution in [0.3, 0.4) is 0 Å². The molecule has 0 N–H and O–H groups in total. The predicted molar refractivity (Wildman–Crippen MR) is 108 cm³/mol. The van der Waals surface area contributed by atoms with Crippen LogP contribution in [0.15, 0.2) is 50.1 Å². The van der Waals surface area contributed by atoms with Crippen LogP contribution in [-0.4, -0.2) is 12.0 Å². The Bertz CT molecular complexity index is 1110. The average Bonchev–Trinajstić information content (AvgIpc) is 2.59. The van der Waals surface area contributed by atoms with Crippen molar-refractivity contribution in [3.63, 3.8) is 0 Å². The predicted octanol–water partition coefficient (Wildman–Crippen LogP) is 5.44. The number of hydrogen-bond donors (Lipinski definition) is 0. The maximum Gasteiger partial charge on any atom is 0.270 e. The van der Waals surface area contributed by atoms with Crippen molar-refractivity contribution in [2.75, 3.05) is 7.11 Å². The zero-order valence-corrected chi connectivity index (χ0v) is 16.9. The molecule has 0 amide bonds. The van der Waals surface area contributed by atoms with Crippen molar-refractivity contribution in [1.82, 2.24) is 0 Å². The van der Waals surface area contributed by atoms with E-state index >= 15 is 0 Å². The molecule has 0 atom stereocenters. The van der Waals surface area contributed by atoms with Gasteiger partial charge in [0.2, 0.25) is 0 Å². The van der Waals surface area contributed by atoms with Gasteiger partial charge in [-0.2, -0.15) is 0 Å². The van der Waals surface area contributed by atoms with E-state index in [0.29, 0.717) is 17.1 Å². The summed E-state index contributed by atoms with van der Waals surface area (Å²) in [6.45, 7) is 6.20. The molecule has 0 aliphatic heterocycles. The van der Waals surface area contributed by atoms with E-state index in [1.807, 2.05) is 12.1 Å². The van der Waals surface area contributed by atoms with Crippen molar-refractivity contribution in [2.24, 2.45) is 0 Å². The number of nitrogens with zero attached hydrogens (tertiary/aromatic N) is 1. The SMILES string of the molecule is COc1c(-c2cc(=O)c3cc([N+](=O)[O-])ccc3o2)cc(Br)cc1C(C)(C)C. The Kier molecular flexibility index (Phi) is 4.82. The van der Waals surface area contributed by atoms with Gasteiger partial charge in [0.25, 0.3) is 5.69 Å². The van der Waals surface area contributed by atoms with Gasteiger partial charge in [0.1, 0.15) is 17.1 Å². The van der Waals surface area contributed by atoms with Crippen molar-refractivity contribution < 1.29 is 14.1 Å². The standard InChI is InChI=1S/C20H18BrNO5/c1-20(2,3)15-8-11(21)7-14(19(15)26-4)18-10-16(23)13-9-12(22(24)25)5-6-17(13)27-18/h5-10H,1-4H3. The minimum Gasteiger partial charge on any atom is -0.496 e. The van der Waals surface area contributed by atoms with Crippen LogP contribution in [0.5, 0.6) is 5.75 Å². The molecule has 6 nitrogen and oxygen atoms in total. The average molecular weight is 432 g/mol. The number of fused-ring (bicyclic) bond motifs is 1. The number of non-ortho nitro benzene ring substituents is 1. The first-order valence-corrected chi connectivity index (χ1v) is 9.02. The van der Waals surface area contributed by atoms with Gasteiger partial charge in [-0.05, 0) is 23.6 Å². The normalized spacial score (nSPS) is 11.6. The van der Waals surface area contributed by atoms with Gasteiger partial charge in [0.15, 0.2) is 5.43 Å². The van der Waals surface area contributed by atoms with E-state index in [1.54, 1.807) is 7.11 Å². The maximum absolute atomic E-state index is 12.6. The van der Waals surface area contributed by atoms with E-state index in [2.05, 4.69) is 36.7 Å². The summed E-state index contributed by atoms with van der Waals surface area (Å²) in [5, 5.41) is 11.1. The summed E-state index contributed by atoms with van der Waals surface area (Å²) < 4.78 is 12.4. The fourth-order valence-electron chi connectivity index (χ4n) is 2.94. The highest BCUT2D eigenvalue weighted by atomic mass is 79.9. The van der Waals surface area contributed by atoms with Gasteiger partial charge >= 0.3 is 0 Å². The van der Waals surface area contributed by atoms with Crippen molar-refractivity contribution in [2.45, 2.75) is 26.2 Å². The Balaban J connectivity index is 2.30. The van der Waals surface area contributed by atoms with Gasteiger partial charge in [-0.25, -0.2) is 0 Å². The minimum absolute atomic E-state index is 0.155. The maximum atomic E-state index is 12.6. The zero-order valence-electron chi connectivity index (χ0n) is 15.3. The first kappa shape index (κ1) is 19.1. The first-order valence-electron chi connectivity index (χ1n) is 8.22. The quantitative estimate of drug-likeness (QED) is 0.407. The van der Waals surface area contributed by atoms with Gasteiger partial charge in [-0.3, -0.25) is 14.9 Å². The van der Waals surface area contributed by atoms with Gasteiger partial charge in [-0.15, -0.1) is 0 Å². The fourth-order valence-corrected chi connectivity index (χ4v) is 3.40. The number of nitro groups is 1. The van der Waals surface area contributed by atoms with Gasteiger partial charge in [-0.1, -0.05) is 36.7 Å². The molecule has 0 radical (unpaired) electrons. The molecule has 1 aromatic heterocycles. The molecular weight excluding hydrogens is 414 g/mol. The molecule has 0 saturated carbocycles. The number of ether oxygens (including phenoxy) is 1. The molecule has 1 heterocycles. The van der Waals surface area contributed by atoms with E-state index in [0.717, 1.165) is 10.0 Å². The van der Waals surface area contributed by atoms with E-state index in [4.69, 9.17) is 9.15 Å². The Hall–Kier alpha value is -2.67. The number of halogens is 1. The summed E-state index contributed by atoms with van der Waals surface area (Å²) >= 11 is 3.51. The monoisotopic (exact) mass is 431 g/mol. The topological polar surface area (TPSA) is 82.6 Å². The Labute approximate surface area is 164 Å². The lowest BCUT2D eigenvalue weighted by atomic mass is 9.85. The summed E-state index contributed by atoms with van der Waals surface area (Å²) in [6.07, 6.45) is 0. The van der Waals surface area contributed by atoms with Gasteiger partial charge < -0.3 is 9.15 Å². The number of nitro benzene ring substituents is 1. The Morgan fingerprint density at radius 2 is 1.85 bits per heavy atom. The van der Waals surface area contributed by atoms with Crippen molar-refractivity contribution in [3.05, 3.63) is 66.8 Å². The second-order valence-electron chi connectivity index (χ2n) is 7.20. The first-order chi connectivity index (χ1) is 12.6. The second kappa shape index (κ2) is 6.81. The molecule has 7 heteroatoms. The molecule has 2 aromatic carbocycles. The molecule has 0 aliphatic carbocycles. The fraction of sp³-hybridized carbons (Fsp3) is 0.250. The van der Waals surface area contributed by atoms with Crippen molar-refractivity contribution >= 4 is 32.6 Å². The van der Waals surface area contributed by atoms with E-state index < -0.39 is 4.92 Å². The van der Waals surface area contributed by atoms with Crippen LogP contribution in [0.25, 0.3) is 22.3 Å². The molecule has 0 saturated heterocycles. The molecule has 0 unspecified atom stereocenters. The Morgan fingerprint density at radius 1 is 1.15 bits per heavy atom. The lowest BCUT2D eigenvalue weighted by Gasteiger charge is -2.24. The number of methoxy groups -OCH3 is 1. The summed E-state index contributed by atoms with van der Waals surface area (Å²) in [5.41, 5.74) is 1.17. The van der Waals surface area contributed by atoms with Crippen LogP contribution < -0.4 is 10.2 Å². The third kappa shape index (κ3) is 3.60. The lowest BCUT2D eigenvalue weighted by molar-refractivity contribution is -0.384. The third-order valence-electron chi connectivity index (χ3n) is 4.25. The largest absolute Gasteiger partial charge is 0.496 e. The van der Waals surface area contributed by atoms with Crippen LogP contribution in [-0.2, 0) is 5.41 Å². The van der Waals surface area contributed by atoms with E-state index in [-0.39, 0.29) is 27.5 Å². The van der Waals surface area contributed by atoms with Gasteiger partial charge in [0, 0.05) is 28.2 Å². The van der Waals surface area contributed by atoms with Crippen LogP contribution in [0, 0.1) is 10.1 Å². The third-order valence-corrected chi connectivity index (χ3v) is 4.71. The summed E-state index contributed by atoms with van der Waals surface area (Å²) in [7, 11) is 1.57. The molecule has 0 bridgehead atoms. The van der Waals surface area contributed by atoms with Crippen LogP contribution in [0.2, 0.25) is 0 Å². The minimum atomic E-state index is -0.542. The van der Waals surface area contributed by atoms with Crippen molar-refractivity contribution in [1.29, 1.82) is 0 Å². The smallest absolute Gasteiger partial charge is 0.270 e. The molecule has 0 fully saturated rings. The highest BCUT2D eigenvalue weighted by Gasteiger charge is 2.24. The molecule has 3 aromatic rings. The molecule has 27 heavy (non-hydrogen) atoms. The number of benzene rings is 2. The molecule has 0 aliphatic rings. The van der Waals surface area contributed by atoms with Crippen molar-refractivity contribution in [3.8, 4) is 17.1 Å². The van der Waals surface area contributed by atoms with Crippen LogP contribution in [0.1, 0.15) is 26.3 Å². The van der Waals surface area contributed by atoms with Crippen LogP contribution in [0.4, 0.5) is 5.69 Å². The highest BCUT2D eigenvalue weighted by molar-refractivity contribution is 9.10. The van der Waals surface area contributed by atoms with Gasteiger partial charge in [0.05, 0.1) is 23.0 Å². The highest BCUT2D eigenvalue weighted by Crippen LogP contribution is 2.41. The summed E-state index contributed by atoms with van der Waals surface area (Å²) in [4.78, 5) is 23.0. The van der Waals surface area contributed by atoms with E-state index in [1.165, 1.54) is 24.3 Å². The summed E-state index contributed by atoms with van der Waals surface area (Å²) in [5.74, 6) is 0.958. The lowest BCUT2D eigenvalue weighted by Crippen LogP contribution is -2.13. The summed E-state index contributed by atoms with van der Waals surface area (Å²) in [6, 6.07) is 9.11. The molecule has 0 spiro atoms. The Morgan fingerprint density at radius 3 is 2.44 bits per heavy atom. The molecule has 3 rings (SSSR count). The number of hydrogen-bond acceptors (Lipinski definition) is 5. The zero-order chi connectivity index (χ0) is 19.9. The molecule has 140 valence electrons. The van der Waals surface area contributed by atoms with E-state index in [9.17, 15) is 14.9 Å².